The van der Waals surface area contributed by atoms with E-state index in [2.05, 4.69) is 70.2 Å². The lowest BCUT2D eigenvalue weighted by atomic mass is 9.99. The molecule has 4 aromatic carbocycles. The molecular weight excluding hydrogens is 492 g/mol. The molecule has 0 saturated heterocycles. The number of imidazole rings is 1. The van der Waals surface area contributed by atoms with E-state index in [0.717, 1.165) is 50.2 Å². The highest BCUT2D eigenvalue weighted by atomic mass is 16.3. The first-order valence-corrected chi connectivity index (χ1v) is 13.1. The molecule has 0 fully saturated rings. The molecule has 7 rings (SSSR count). The van der Waals surface area contributed by atoms with Crippen molar-refractivity contribution < 1.29 is 5.11 Å². The molecule has 0 aliphatic carbocycles. The third-order valence-electron chi connectivity index (χ3n) is 7.07. The number of hydrogen-bond donors (Lipinski definition) is 1. The molecule has 0 atom stereocenters. The van der Waals surface area contributed by atoms with Gasteiger partial charge in [0, 0.05) is 34.8 Å². The van der Waals surface area contributed by atoms with Crippen LogP contribution in [-0.4, -0.2) is 24.6 Å². The van der Waals surface area contributed by atoms with Gasteiger partial charge in [0.25, 0.3) is 0 Å². The van der Waals surface area contributed by atoms with E-state index in [1.807, 2.05) is 72.9 Å². The SMILES string of the molecule is Oc1ncccc1-c1nc2c(-c3cccc(-c4ccc(-c5ccccc5)cn4)c3)cccc2n1-c1ccccc1. The molecule has 0 spiro atoms. The molecule has 1 N–H and O–H groups in total. The van der Waals surface area contributed by atoms with Gasteiger partial charge >= 0.3 is 0 Å². The van der Waals surface area contributed by atoms with Gasteiger partial charge in [-0.05, 0) is 53.6 Å². The number of para-hydroxylation sites is 2. The number of fused-ring (bicyclic) bond motifs is 1. The predicted octanol–water partition coefficient (Wildman–Crippen LogP) is 8.19. The monoisotopic (exact) mass is 516 g/mol. The summed E-state index contributed by atoms with van der Waals surface area (Å²) in [6.45, 7) is 0. The Bertz CT molecular complexity index is 1950. The number of nitrogens with zero attached hydrogens (tertiary/aromatic N) is 4. The van der Waals surface area contributed by atoms with E-state index in [1.54, 1.807) is 6.20 Å². The first kappa shape index (κ1) is 23.6. The summed E-state index contributed by atoms with van der Waals surface area (Å²) in [7, 11) is 0. The summed E-state index contributed by atoms with van der Waals surface area (Å²) in [6.07, 6.45) is 3.50. The zero-order valence-corrected chi connectivity index (χ0v) is 21.5. The Balaban J connectivity index is 1.36. The van der Waals surface area contributed by atoms with Crippen molar-refractivity contribution in [2.45, 2.75) is 0 Å². The van der Waals surface area contributed by atoms with Crippen LogP contribution in [0.3, 0.4) is 0 Å². The van der Waals surface area contributed by atoms with Gasteiger partial charge in [0.05, 0.1) is 22.3 Å². The van der Waals surface area contributed by atoms with Gasteiger partial charge in [-0.3, -0.25) is 9.55 Å². The Kier molecular flexibility index (Phi) is 5.87. The third-order valence-corrected chi connectivity index (χ3v) is 7.07. The van der Waals surface area contributed by atoms with Crippen LogP contribution in [0.15, 0.2) is 140 Å². The van der Waals surface area contributed by atoms with Crippen LogP contribution in [0.25, 0.3) is 61.6 Å². The molecule has 0 aliphatic heterocycles. The normalized spacial score (nSPS) is 11.1. The second kappa shape index (κ2) is 9.97. The maximum atomic E-state index is 10.6. The molecule has 0 unspecified atom stereocenters. The van der Waals surface area contributed by atoms with E-state index in [-0.39, 0.29) is 5.88 Å². The summed E-state index contributed by atoms with van der Waals surface area (Å²) in [4.78, 5) is 14.0. The molecule has 7 aromatic rings. The molecule has 0 aliphatic rings. The van der Waals surface area contributed by atoms with Crippen LogP contribution in [0.5, 0.6) is 5.88 Å². The van der Waals surface area contributed by atoms with Crippen LogP contribution in [0.4, 0.5) is 0 Å². The summed E-state index contributed by atoms with van der Waals surface area (Å²) < 4.78 is 2.07. The Labute approximate surface area is 231 Å². The maximum Gasteiger partial charge on any atom is 0.222 e. The van der Waals surface area contributed by atoms with E-state index >= 15 is 0 Å². The third kappa shape index (κ3) is 4.20. The van der Waals surface area contributed by atoms with Gasteiger partial charge in [-0.15, -0.1) is 0 Å². The fourth-order valence-corrected chi connectivity index (χ4v) is 5.13. The van der Waals surface area contributed by atoms with E-state index < -0.39 is 0 Å². The van der Waals surface area contributed by atoms with E-state index in [4.69, 9.17) is 9.97 Å². The molecule has 3 aromatic heterocycles. The maximum absolute atomic E-state index is 10.6. The van der Waals surface area contributed by atoms with Gasteiger partial charge in [-0.1, -0.05) is 84.9 Å². The van der Waals surface area contributed by atoms with Crippen molar-refractivity contribution in [3.05, 3.63) is 140 Å². The lowest BCUT2D eigenvalue weighted by Gasteiger charge is -2.10. The van der Waals surface area contributed by atoms with Crippen LogP contribution in [0.1, 0.15) is 0 Å². The highest BCUT2D eigenvalue weighted by Crippen LogP contribution is 2.37. The van der Waals surface area contributed by atoms with E-state index in [9.17, 15) is 5.11 Å². The molecule has 0 saturated carbocycles. The Morgan fingerprint density at radius 3 is 2.05 bits per heavy atom. The standard InChI is InChI=1S/C35H24N4O/c40-35-30(17-9-21-36-35)34-38-33-29(16-8-18-32(33)39(34)28-14-5-2-6-15-28)25-12-7-13-26(22-25)31-20-19-27(23-37-31)24-10-3-1-4-11-24/h1-23H,(H,36,40). The summed E-state index contributed by atoms with van der Waals surface area (Å²) in [6, 6.07) is 42.7. The number of aromatic hydroxyl groups is 1. The molecule has 5 nitrogen and oxygen atoms in total. The zero-order chi connectivity index (χ0) is 26.9. The van der Waals surface area contributed by atoms with Crippen LogP contribution in [-0.2, 0) is 0 Å². The largest absolute Gasteiger partial charge is 0.493 e. The highest BCUT2D eigenvalue weighted by Gasteiger charge is 2.20. The number of hydrogen-bond acceptors (Lipinski definition) is 4. The molecule has 190 valence electrons. The number of benzene rings is 4. The van der Waals surface area contributed by atoms with Gasteiger partial charge in [-0.2, -0.15) is 0 Å². The summed E-state index contributed by atoms with van der Waals surface area (Å²) in [5.41, 5.74) is 9.52. The molecule has 0 bridgehead atoms. The molecule has 3 heterocycles. The second-order valence-corrected chi connectivity index (χ2v) is 9.53. The van der Waals surface area contributed by atoms with Crippen LogP contribution < -0.4 is 0 Å². The van der Waals surface area contributed by atoms with Crippen molar-refractivity contribution in [2.75, 3.05) is 0 Å². The Morgan fingerprint density at radius 2 is 1.27 bits per heavy atom. The molecule has 0 amide bonds. The molecule has 0 radical (unpaired) electrons. The number of aromatic nitrogens is 4. The predicted molar refractivity (Wildman–Crippen MR) is 160 cm³/mol. The smallest absolute Gasteiger partial charge is 0.222 e. The molecule has 5 heteroatoms. The van der Waals surface area contributed by atoms with Gasteiger partial charge in [0.2, 0.25) is 5.88 Å². The highest BCUT2D eigenvalue weighted by molar-refractivity contribution is 5.96. The van der Waals surface area contributed by atoms with E-state index in [0.29, 0.717) is 11.4 Å². The van der Waals surface area contributed by atoms with Crippen molar-refractivity contribution in [1.29, 1.82) is 0 Å². The second-order valence-electron chi connectivity index (χ2n) is 9.53. The van der Waals surface area contributed by atoms with Crippen LogP contribution in [0.2, 0.25) is 0 Å². The first-order chi connectivity index (χ1) is 19.8. The first-order valence-electron chi connectivity index (χ1n) is 13.1. The van der Waals surface area contributed by atoms with Gasteiger partial charge in [0.1, 0.15) is 0 Å². The quantitative estimate of drug-likeness (QED) is 0.250. The lowest BCUT2D eigenvalue weighted by molar-refractivity contribution is 0.455. The van der Waals surface area contributed by atoms with Crippen LogP contribution >= 0.6 is 0 Å². The molecular formula is C35H24N4O. The van der Waals surface area contributed by atoms with Crippen molar-refractivity contribution in [1.82, 2.24) is 19.5 Å². The molecule has 40 heavy (non-hydrogen) atoms. The minimum absolute atomic E-state index is 0.0523. The Hall–Kier alpha value is -5.55. The van der Waals surface area contributed by atoms with Crippen LogP contribution in [0, 0.1) is 0 Å². The average molecular weight is 517 g/mol. The summed E-state index contributed by atoms with van der Waals surface area (Å²) >= 11 is 0. The fourth-order valence-electron chi connectivity index (χ4n) is 5.13. The van der Waals surface area contributed by atoms with Gasteiger partial charge in [0.15, 0.2) is 5.82 Å². The van der Waals surface area contributed by atoms with Crippen molar-refractivity contribution in [3.63, 3.8) is 0 Å². The lowest BCUT2D eigenvalue weighted by Crippen LogP contribution is -1.97. The minimum Gasteiger partial charge on any atom is -0.493 e. The Morgan fingerprint density at radius 1 is 0.550 bits per heavy atom. The average Bonchev–Trinajstić information content (AvgIpc) is 3.42. The summed E-state index contributed by atoms with van der Waals surface area (Å²) in [5.74, 6) is 0.581. The van der Waals surface area contributed by atoms with Crippen molar-refractivity contribution in [2.24, 2.45) is 0 Å². The van der Waals surface area contributed by atoms with E-state index in [1.165, 1.54) is 0 Å². The minimum atomic E-state index is -0.0523. The van der Waals surface area contributed by atoms with Crippen molar-refractivity contribution in [3.8, 4) is 56.5 Å². The van der Waals surface area contributed by atoms with Gasteiger partial charge < -0.3 is 5.11 Å². The van der Waals surface area contributed by atoms with Crippen molar-refractivity contribution >= 4 is 11.0 Å². The number of pyridine rings is 2. The topological polar surface area (TPSA) is 63.8 Å². The number of rotatable bonds is 5. The summed E-state index contributed by atoms with van der Waals surface area (Å²) in [5, 5.41) is 10.6. The zero-order valence-electron chi connectivity index (χ0n) is 21.5. The van der Waals surface area contributed by atoms with Gasteiger partial charge in [-0.25, -0.2) is 9.97 Å². The fraction of sp³-hybridized carbons (Fsp3) is 0.